The van der Waals surface area contributed by atoms with E-state index >= 15 is 0 Å². The van der Waals surface area contributed by atoms with Gasteiger partial charge in [0.2, 0.25) is 0 Å². The van der Waals surface area contributed by atoms with Crippen molar-refractivity contribution in [2.75, 3.05) is 11.1 Å². The maximum absolute atomic E-state index is 13.6. The van der Waals surface area contributed by atoms with Gasteiger partial charge in [-0.15, -0.1) is 0 Å². The summed E-state index contributed by atoms with van der Waals surface area (Å²) < 4.78 is 39.4. The van der Waals surface area contributed by atoms with Gasteiger partial charge in [-0.05, 0) is 42.8 Å². The fourth-order valence-electron chi connectivity index (χ4n) is 1.76. The van der Waals surface area contributed by atoms with Crippen LogP contribution in [0, 0.1) is 12.7 Å². The molecule has 0 radical (unpaired) electrons. The standard InChI is InChI=1S/C14H13F3N2/c1-8-2-4-11(15)13(6-8)19-12-5-3-9(18)7-10(12)14(16)17/h2-7,14,19H,18H2,1H3. The lowest BCUT2D eigenvalue weighted by atomic mass is 10.1. The van der Waals surface area contributed by atoms with Gasteiger partial charge in [0.05, 0.1) is 5.69 Å². The van der Waals surface area contributed by atoms with E-state index in [2.05, 4.69) is 5.32 Å². The second-order valence-electron chi connectivity index (χ2n) is 4.26. The molecule has 0 aliphatic heterocycles. The molecule has 2 aromatic carbocycles. The summed E-state index contributed by atoms with van der Waals surface area (Å²) in [6.07, 6.45) is -2.68. The monoisotopic (exact) mass is 266 g/mol. The summed E-state index contributed by atoms with van der Waals surface area (Å²) in [6.45, 7) is 1.79. The van der Waals surface area contributed by atoms with Crippen LogP contribution in [0.15, 0.2) is 36.4 Å². The fraction of sp³-hybridized carbons (Fsp3) is 0.143. The Bertz CT molecular complexity index is 597. The molecule has 0 saturated carbocycles. The van der Waals surface area contributed by atoms with Crippen LogP contribution in [-0.2, 0) is 0 Å². The van der Waals surface area contributed by atoms with Crippen LogP contribution in [0.4, 0.5) is 30.2 Å². The van der Waals surface area contributed by atoms with Crippen molar-refractivity contribution < 1.29 is 13.2 Å². The number of hydrogen-bond acceptors (Lipinski definition) is 2. The molecule has 0 spiro atoms. The van der Waals surface area contributed by atoms with Crippen LogP contribution in [0.5, 0.6) is 0 Å². The van der Waals surface area contributed by atoms with Crippen molar-refractivity contribution in [3.8, 4) is 0 Å². The zero-order chi connectivity index (χ0) is 14.0. The van der Waals surface area contributed by atoms with Crippen LogP contribution in [0.25, 0.3) is 0 Å². The van der Waals surface area contributed by atoms with E-state index in [1.165, 1.54) is 24.3 Å². The normalized spacial score (nSPS) is 10.8. The molecule has 0 amide bonds. The largest absolute Gasteiger partial charge is 0.399 e. The first-order valence-corrected chi connectivity index (χ1v) is 5.68. The number of hydrogen-bond donors (Lipinski definition) is 2. The molecule has 100 valence electrons. The van der Waals surface area contributed by atoms with E-state index in [9.17, 15) is 13.2 Å². The molecule has 19 heavy (non-hydrogen) atoms. The minimum Gasteiger partial charge on any atom is -0.399 e. The summed E-state index contributed by atoms with van der Waals surface area (Å²) in [4.78, 5) is 0. The summed E-state index contributed by atoms with van der Waals surface area (Å²) in [5, 5.41) is 2.68. The van der Waals surface area contributed by atoms with Crippen LogP contribution in [-0.4, -0.2) is 0 Å². The fourth-order valence-corrected chi connectivity index (χ4v) is 1.76. The number of alkyl halides is 2. The average Bonchev–Trinajstić information content (AvgIpc) is 2.35. The van der Waals surface area contributed by atoms with Gasteiger partial charge in [-0.3, -0.25) is 0 Å². The lowest BCUT2D eigenvalue weighted by molar-refractivity contribution is 0.152. The van der Waals surface area contributed by atoms with Gasteiger partial charge in [0.1, 0.15) is 5.82 Å². The van der Waals surface area contributed by atoms with Gasteiger partial charge >= 0.3 is 0 Å². The number of nitrogens with one attached hydrogen (secondary N) is 1. The zero-order valence-electron chi connectivity index (χ0n) is 10.3. The second kappa shape index (κ2) is 5.22. The molecule has 0 unspecified atom stereocenters. The van der Waals surface area contributed by atoms with Gasteiger partial charge in [-0.2, -0.15) is 0 Å². The Morgan fingerprint density at radius 1 is 1.05 bits per heavy atom. The number of benzene rings is 2. The molecular formula is C14H13F3N2. The molecule has 3 N–H and O–H groups in total. The number of nitrogens with two attached hydrogens (primary N) is 1. The van der Waals surface area contributed by atoms with Crippen molar-refractivity contribution in [1.29, 1.82) is 0 Å². The number of nitrogen functional groups attached to an aromatic ring is 1. The van der Waals surface area contributed by atoms with Crippen LogP contribution < -0.4 is 11.1 Å². The predicted molar refractivity (Wildman–Crippen MR) is 70.2 cm³/mol. The topological polar surface area (TPSA) is 38.0 Å². The maximum atomic E-state index is 13.6. The molecule has 0 bridgehead atoms. The third-order valence-electron chi connectivity index (χ3n) is 2.70. The zero-order valence-corrected chi connectivity index (χ0v) is 10.3. The molecular weight excluding hydrogens is 253 g/mol. The van der Waals surface area contributed by atoms with Gasteiger partial charge < -0.3 is 11.1 Å². The first kappa shape index (κ1) is 13.3. The van der Waals surface area contributed by atoms with E-state index in [4.69, 9.17) is 5.73 Å². The van der Waals surface area contributed by atoms with Crippen LogP contribution >= 0.6 is 0 Å². The smallest absolute Gasteiger partial charge is 0.265 e. The molecule has 2 rings (SSSR count). The van der Waals surface area contributed by atoms with Gasteiger partial charge in [-0.25, -0.2) is 13.2 Å². The number of rotatable bonds is 3. The molecule has 0 atom stereocenters. The highest BCUT2D eigenvalue weighted by atomic mass is 19.3. The molecule has 0 saturated heterocycles. The Hall–Kier alpha value is -2.17. The summed E-state index contributed by atoms with van der Waals surface area (Å²) >= 11 is 0. The average molecular weight is 266 g/mol. The first-order chi connectivity index (χ1) is 8.97. The van der Waals surface area contributed by atoms with Crippen LogP contribution in [0.1, 0.15) is 17.6 Å². The number of anilines is 3. The Balaban J connectivity index is 2.40. The van der Waals surface area contributed by atoms with E-state index in [-0.39, 0.29) is 22.6 Å². The van der Waals surface area contributed by atoms with E-state index in [0.29, 0.717) is 0 Å². The second-order valence-corrected chi connectivity index (χ2v) is 4.26. The minimum absolute atomic E-state index is 0.147. The Morgan fingerprint density at radius 2 is 1.79 bits per heavy atom. The number of aryl methyl sites for hydroxylation is 1. The van der Waals surface area contributed by atoms with E-state index in [1.807, 2.05) is 0 Å². The summed E-state index contributed by atoms with van der Waals surface area (Å²) in [5.41, 5.74) is 6.61. The summed E-state index contributed by atoms with van der Waals surface area (Å²) in [6, 6.07) is 8.54. The quantitative estimate of drug-likeness (QED) is 0.808. The highest BCUT2D eigenvalue weighted by Gasteiger charge is 2.14. The maximum Gasteiger partial charge on any atom is 0.265 e. The van der Waals surface area contributed by atoms with E-state index < -0.39 is 12.2 Å². The van der Waals surface area contributed by atoms with Crippen molar-refractivity contribution >= 4 is 17.1 Å². The summed E-state index contributed by atoms with van der Waals surface area (Å²) in [7, 11) is 0. The third kappa shape index (κ3) is 2.99. The summed E-state index contributed by atoms with van der Waals surface area (Å²) in [5.74, 6) is -0.498. The third-order valence-corrected chi connectivity index (χ3v) is 2.70. The first-order valence-electron chi connectivity index (χ1n) is 5.68. The van der Waals surface area contributed by atoms with E-state index in [0.717, 1.165) is 5.56 Å². The predicted octanol–water partition coefficient (Wildman–Crippen LogP) is 4.40. The Morgan fingerprint density at radius 3 is 2.47 bits per heavy atom. The number of halogens is 3. The molecule has 5 heteroatoms. The molecule has 0 aliphatic rings. The Labute approximate surface area is 109 Å². The van der Waals surface area contributed by atoms with Crippen molar-refractivity contribution in [2.24, 2.45) is 0 Å². The van der Waals surface area contributed by atoms with Crippen LogP contribution in [0.3, 0.4) is 0 Å². The highest BCUT2D eigenvalue weighted by Crippen LogP contribution is 2.32. The van der Waals surface area contributed by atoms with Crippen molar-refractivity contribution in [1.82, 2.24) is 0 Å². The van der Waals surface area contributed by atoms with Crippen molar-refractivity contribution in [3.05, 3.63) is 53.3 Å². The van der Waals surface area contributed by atoms with Gasteiger partial charge in [-0.1, -0.05) is 6.07 Å². The molecule has 0 aromatic heterocycles. The lowest BCUT2D eigenvalue weighted by Gasteiger charge is -2.13. The minimum atomic E-state index is -2.68. The van der Waals surface area contributed by atoms with Gasteiger partial charge in [0.15, 0.2) is 0 Å². The van der Waals surface area contributed by atoms with Gasteiger partial charge in [0, 0.05) is 16.9 Å². The molecule has 0 fully saturated rings. The molecule has 0 aliphatic carbocycles. The van der Waals surface area contributed by atoms with Gasteiger partial charge in [0.25, 0.3) is 6.43 Å². The Kier molecular flexibility index (Phi) is 3.64. The SMILES string of the molecule is Cc1ccc(F)c(Nc2ccc(N)cc2C(F)F)c1. The highest BCUT2D eigenvalue weighted by molar-refractivity contribution is 5.67. The molecule has 2 nitrogen and oxygen atoms in total. The van der Waals surface area contributed by atoms with E-state index in [1.54, 1.807) is 19.1 Å². The lowest BCUT2D eigenvalue weighted by Crippen LogP contribution is -2.00. The van der Waals surface area contributed by atoms with Crippen molar-refractivity contribution in [2.45, 2.75) is 13.3 Å². The van der Waals surface area contributed by atoms with Crippen LogP contribution in [0.2, 0.25) is 0 Å². The van der Waals surface area contributed by atoms with Crippen molar-refractivity contribution in [3.63, 3.8) is 0 Å². The molecule has 0 heterocycles. The molecule has 2 aromatic rings.